The van der Waals surface area contributed by atoms with E-state index in [4.69, 9.17) is 5.73 Å². The smallest absolute Gasteiger partial charge is 0.330 e. The summed E-state index contributed by atoms with van der Waals surface area (Å²) in [6, 6.07) is -1.38. The van der Waals surface area contributed by atoms with Crippen LogP contribution in [0.15, 0.2) is 0 Å². The van der Waals surface area contributed by atoms with Gasteiger partial charge in [-0.05, 0) is 53.0 Å². The van der Waals surface area contributed by atoms with E-state index in [1.165, 1.54) is 4.90 Å². The van der Waals surface area contributed by atoms with Crippen molar-refractivity contribution >= 4 is 0 Å². The van der Waals surface area contributed by atoms with Crippen molar-refractivity contribution in [2.24, 2.45) is 5.73 Å². The zero-order valence-corrected chi connectivity index (χ0v) is 10.5. The molecule has 1 atom stereocenters. The van der Waals surface area contributed by atoms with Crippen LogP contribution >= 0.6 is 0 Å². The molecule has 0 spiro atoms. The summed E-state index contributed by atoms with van der Waals surface area (Å²) in [4.78, 5) is 3.62. The number of alkyl halides is 3. The molecule has 1 fully saturated rings. The molecule has 1 aliphatic heterocycles. The van der Waals surface area contributed by atoms with Gasteiger partial charge in [-0.1, -0.05) is 0 Å². The molecule has 3 nitrogen and oxygen atoms in total. The number of nitrogens with two attached hydrogens (primary N) is 1. The van der Waals surface area contributed by atoms with Gasteiger partial charge in [0, 0.05) is 6.04 Å². The van der Waals surface area contributed by atoms with Gasteiger partial charge in [0.15, 0.2) is 0 Å². The molecular formula is C11H22F3N3. The maximum absolute atomic E-state index is 12.9. The minimum atomic E-state index is -4.18. The van der Waals surface area contributed by atoms with E-state index in [9.17, 15) is 13.2 Å². The Hall–Kier alpha value is -0.330. The average Bonchev–Trinajstić information content (AvgIpc) is 2.24. The summed E-state index contributed by atoms with van der Waals surface area (Å²) < 4.78 is 38.6. The monoisotopic (exact) mass is 253 g/mol. The molecule has 0 aromatic heterocycles. The Morgan fingerprint density at radius 2 is 1.88 bits per heavy atom. The molecule has 0 amide bonds. The van der Waals surface area contributed by atoms with E-state index in [-0.39, 0.29) is 19.0 Å². The summed E-state index contributed by atoms with van der Waals surface area (Å²) in [6.45, 7) is 1.80. The van der Waals surface area contributed by atoms with Gasteiger partial charge in [-0.15, -0.1) is 0 Å². The highest BCUT2D eigenvalue weighted by molar-refractivity contribution is 4.85. The van der Waals surface area contributed by atoms with Gasteiger partial charge in [-0.3, -0.25) is 4.90 Å². The zero-order chi connectivity index (χ0) is 13.1. The van der Waals surface area contributed by atoms with Crippen molar-refractivity contribution in [2.45, 2.75) is 37.5 Å². The summed E-state index contributed by atoms with van der Waals surface area (Å²) in [7, 11) is 3.57. The maximum Gasteiger partial charge on any atom is 0.404 e. The first-order valence-corrected chi connectivity index (χ1v) is 6.03. The molecule has 1 aliphatic rings. The van der Waals surface area contributed by atoms with Crippen molar-refractivity contribution in [1.82, 2.24) is 9.80 Å². The second kappa shape index (κ2) is 6.02. The number of piperidine rings is 1. The van der Waals surface area contributed by atoms with Crippen LogP contribution in [0.25, 0.3) is 0 Å². The van der Waals surface area contributed by atoms with Crippen LogP contribution in [0.2, 0.25) is 0 Å². The standard InChI is InChI=1S/C11H22F3N3/c1-16-7-4-9(5-8-16)17(2)10(3-6-15)11(12,13)14/h9-10H,3-8,15H2,1-2H3. The topological polar surface area (TPSA) is 32.5 Å². The number of halogens is 3. The van der Waals surface area contributed by atoms with Crippen LogP contribution in [0.4, 0.5) is 13.2 Å². The van der Waals surface area contributed by atoms with Gasteiger partial charge in [-0.2, -0.15) is 13.2 Å². The van der Waals surface area contributed by atoms with Gasteiger partial charge in [0.1, 0.15) is 6.04 Å². The normalized spacial score (nSPS) is 22.1. The lowest BCUT2D eigenvalue weighted by Crippen LogP contribution is -2.52. The largest absolute Gasteiger partial charge is 0.404 e. The summed E-state index contributed by atoms with van der Waals surface area (Å²) in [5.74, 6) is 0. The molecule has 1 heterocycles. The molecule has 1 unspecified atom stereocenters. The first-order valence-electron chi connectivity index (χ1n) is 6.03. The van der Waals surface area contributed by atoms with E-state index in [1.54, 1.807) is 7.05 Å². The molecule has 17 heavy (non-hydrogen) atoms. The summed E-state index contributed by atoms with van der Waals surface area (Å²) >= 11 is 0. The Morgan fingerprint density at radius 3 is 2.29 bits per heavy atom. The molecular weight excluding hydrogens is 231 g/mol. The molecule has 1 rings (SSSR count). The van der Waals surface area contributed by atoms with Crippen molar-refractivity contribution in [3.05, 3.63) is 0 Å². The van der Waals surface area contributed by atoms with E-state index in [2.05, 4.69) is 4.90 Å². The minimum Gasteiger partial charge on any atom is -0.330 e. The Balaban J connectivity index is 2.61. The first kappa shape index (κ1) is 14.7. The Labute approximate surface area is 101 Å². The molecule has 0 bridgehead atoms. The molecule has 0 aliphatic carbocycles. The SMILES string of the molecule is CN1CCC(N(C)C(CCN)C(F)(F)F)CC1. The van der Waals surface area contributed by atoms with E-state index in [0.717, 1.165) is 25.9 Å². The van der Waals surface area contributed by atoms with E-state index >= 15 is 0 Å². The molecule has 0 aromatic rings. The zero-order valence-electron chi connectivity index (χ0n) is 10.5. The van der Waals surface area contributed by atoms with Gasteiger partial charge in [0.05, 0.1) is 0 Å². The Bertz CT molecular complexity index is 224. The second-order valence-electron chi connectivity index (χ2n) is 4.83. The molecule has 0 aromatic carbocycles. The van der Waals surface area contributed by atoms with Gasteiger partial charge in [0.25, 0.3) is 0 Å². The fourth-order valence-corrected chi connectivity index (χ4v) is 2.41. The summed E-state index contributed by atoms with van der Waals surface area (Å²) in [5.41, 5.74) is 5.28. The third-order valence-electron chi connectivity index (χ3n) is 3.57. The lowest BCUT2D eigenvalue weighted by Gasteiger charge is -2.40. The molecule has 102 valence electrons. The van der Waals surface area contributed by atoms with Crippen LogP contribution in [-0.2, 0) is 0 Å². The second-order valence-corrected chi connectivity index (χ2v) is 4.83. The highest BCUT2D eigenvalue weighted by Gasteiger charge is 2.43. The highest BCUT2D eigenvalue weighted by atomic mass is 19.4. The lowest BCUT2D eigenvalue weighted by atomic mass is 10.0. The number of hydrogen-bond acceptors (Lipinski definition) is 3. The molecule has 2 N–H and O–H groups in total. The molecule has 1 saturated heterocycles. The molecule has 0 radical (unpaired) electrons. The summed E-state index contributed by atoms with van der Waals surface area (Å²) in [6.07, 6.45) is -2.61. The molecule has 0 saturated carbocycles. The predicted molar refractivity (Wildman–Crippen MR) is 61.8 cm³/mol. The number of likely N-dealkylation sites (tertiary alicyclic amines) is 1. The third-order valence-corrected chi connectivity index (χ3v) is 3.57. The first-order chi connectivity index (χ1) is 7.86. The Kier molecular flexibility index (Phi) is 5.22. The highest BCUT2D eigenvalue weighted by Crippen LogP contribution is 2.29. The lowest BCUT2D eigenvalue weighted by molar-refractivity contribution is -0.188. The van der Waals surface area contributed by atoms with Crippen molar-refractivity contribution in [1.29, 1.82) is 0 Å². The van der Waals surface area contributed by atoms with Crippen LogP contribution in [0.5, 0.6) is 0 Å². The average molecular weight is 253 g/mol. The fourth-order valence-electron chi connectivity index (χ4n) is 2.41. The van der Waals surface area contributed by atoms with Crippen LogP contribution in [0.1, 0.15) is 19.3 Å². The van der Waals surface area contributed by atoms with Gasteiger partial charge < -0.3 is 10.6 Å². The van der Waals surface area contributed by atoms with Gasteiger partial charge in [0.2, 0.25) is 0 Å². The molecule has 6 heteroatoms. The van der Waals surface area contributed by atoms with E-state index in [1.807, 2.05) is 7.05 Å². The van der Waals surface area contributed by atoms with Gasteiger partial charge >= 0.3 is 6.18 Å². The van der Waals surface area contributed by atoms with E-state index in [0.29, 0.717) is 0 Å². The van der Waals surface area contributed by atoms with E-state index < -0.39 is 12.2 Å². The van der Waals surface area contributed by atoms with Crippen LogP contribution in [0.3, 0.4) is 0 Å². The minimum absolute atomic E-state index is 0.0179. The quantitative estimate of drug-likeness (QED) is 0.819. The third kappa shape index (κ3) is 4.12. The van der Waals surface area contributed by atoms with Crippen molar-refractivity contribution in [2.75, 3.05) is 33.7 Å². The van der Waals surface area contributed by atoms with Crippen molar-refractivity contribution in [3.63, 3.8) is 0 Å². The predicted octanol–water partition coefficient (Wildman–Crippen LogP) is 1.29. The summed E-state index contributed by atoms with van der Waals surface area (Å²) in [5, 5.41) is 0. The van der Waals surface area contributed by atoms with Crippen LogP contribution < -0.4 is 5.73 Å². The number of nitrogens with zero attached hydrogens (tertiary/aromatic N) is 2. The van der Waals surface area contributed by atoms with Gasteiger partial charge in [-0.25, -0.2) is 0 Å². The van der Waals surface area contributed by atoms with Crippen molar-refractivity contribution in [3.8, 4) is 0 Å². The Morgan fingerprint density at radius 1 is 1.35 bits per heavy atom. The van der Waals surface area contributed by atoms with Crippen molar-refractivity contribution < 1.29 is 13.2 Å². The number of rotatable bonds is 4. The van der Waals surface area contributed by atoms with Crippen LogP contribution in [-0.4, -0.2) is 61.8 Å². The maximum atomic E-state index is 12.9. The van der Waals surface area contributed by atoms with Crippen LogP contribution in [0, 0.1) is 0 Å². The number of hydrogen-bond donors (Lipinski definition) is 1. The fraction of sp³-hybridized carbons (Fsp3) is 1.00.